The maximum atomic E-state index is 12.4. The molecule has 1 aromatic heterocycles. The van der Waals surface area contributed by atoms with E-state index in [0.717, 1.165) is 0 Å². The van der Waals surface area contributed by atoms with E-state index in [-0.39, 0.29) is 21.6 Å². The molecule has 0 aliphatic heterocycles. The predicted molar refractivity (Wildman–Crippen MR) is 77.8 cm³/mol. The molecule has 20 heavy (non-hydrogen) atoms. The van der Waals surface area contributed by atoms with Gasteiger partial charge in [-0.15, -0.1) is 0 Å². The van der Waals surface area contributed by atoms with Gasteiger partial charge in [-0.05, 0) is 34.1 Å². The van der Waals surface area contributed by atoms with Gasteiger partial charge in [-0.1, -0.05) is 12.1 Å². The molecule has 0 fully saturated rings. The van der Waals surface area contributed by atoms with Crippen LogP contribution in [-0.2, 0) is 0 Å². The van der Waals surface area contributed by atoms with Gasteiger partial charge in [0.25, 0.3) is 11.6 Å². The van der Waals surface area contributed by atoms with Gasteiger partial charge >= 0.3 is 0 Å². The van der Waals surface area contributed by atoms with E-state index in [1.54, 1.807) is 31.4 Å². The molecule has 0 saturated heterocycles. The van der Waals surface area contributed by atoms with Crippen LogP contribution in [0, 0.1) is 10.1 Å². The Kier molecular flexibility index (Phi) is 4.09. The molecule has 0 atom stereocenters. The molecule has 6 nitrogen and oxygen atoms in total. The summed E-state index contributed by atoms with van der Waals surface area (Å²) in [7, 11) is 1.57. The third kappa shape index (κ3) is 2.67. The molecule has 0 bridgehead atoms. The lowest BCUT2D eigenvalue weighted by molar-refractivity contribution is -0.385. The molecule has 2 aromatic rings. The van der Waals surface area contributed by atoms with Crippen molar-refractivity contribution in [2.45, 2.75) is 0 Å². The van der Waals surface area contributed by atoms with Crippen LogP contribution in [0.3, 0.4) is 0 Å². The van der Waals surface area contributed by atoms with Crippen molar-refractivity contribution in [1.29, 1.82) is 0 Å². The van der Waals surface area contributed by atoms with E-state index in [4.69, 9.17) is 0 Å². The minimum Gasteiger partial charge on any atom is -0.296 e. The van der Waals surface area contributed by atoms with Crippen molar-refractivity contribution in [1.82, 2.24) is 4.98 Å². The third-order valence-electron chi connectivity index (χ3n) is 2.70. The summed E-state index contributed by atoms with van der Waals surface area (Å²) in [5, 5.41) is 10.9. The molecule has 0 aliphatic carbocycles. The predicted octanol–water partition coefficient (Wildman–Crippen LogP) is 3.03. The van der Waals surface area contributed by atoms with Gasteiger partial charge in [0.15, 0.2) is 0 Å². The monoisotopic (exact) mass is 335 g/mol. The number of hydrogen-bond donors (Lipinski definition) is 0. The van der Waals surface area contributed by atoms with Crippen LogP contribution >= 0.6 is 15.9 Å². The molecule has 0 unspecified atom stereocenters. The number of benzene rings is 1. The number of hydrogen-bond acceptors (Lipinski definition) is 4. The Morgan fingerprint density at radius 2 is 2.05 bits per heavy atom. The van der Waals surface area contributed by atoms with E-state index < -0.39 is 4.92 Å². The van der Waals surface area contributed by atoms with Crippen molar-refractivity contribution >= 4 is 33.3 Å². The summed E-state index contributed by atoms with van der Waals surface area (Å²) in [4.78, 5) is 28.1. The van der Waals surface area contributed by atoms with E-state index in [1.165, 1.54) is 23.1 Å². The number of pyridine rings is 1. The molecular formula is C13H10BrN3O3. The lowest BCUT2D eigenvalue weighted by Crippen LogP contribution is -2.27. The van der Waals surface area contributed by atoms with Crippen molar-refractivity contribution in [3.8, 4) is 0 Å². The van der Waals surface area contributed by atoms with E-state index in [0.29, 0.717) is 5.82 Å². The zero-order valence-electron chi connectivity index (χ0n) is 10.5. The first kappa shape index (κ1) is 14.1. The zero-order valence-corrected chi connectivity index (χ0v) is 12.1. The first-order valence-electron chi connectivity index (χ1n) is 5.64. The molecular weight excluding hydrogens is 326 g/mol. The Bertz CT molecular complexity index is 661. The first-order chi connectivity index (χ1) is 9.52. The van der Waals surface area contributed by atoms with Crippen molar-refractivity contribution < 1.29 is 9.72 Å². The SMILES string of the molecule is CN(C(=O)c1cccc([N+](=O)[O-])c1Br)c1ccccn1. The highest BCUT2D eigenvalue weighted by Crippen LogP contribution is 2.29. The third-order valence-corrected chi connectivity index (χ3v) is 3.54. The van der Waals surface area contributed by atoms with E-state index in [2.05, 4.69) is 20.9 Å². The van der Waals surface area contributed by atoms with Crippen molar-refractivity contribution in [2.75, 3.05) is 11.9 Å². The molecule has 2 rings (SSSR count). The van der Waals surface area contributed by atoms with Crippen LogP contribution in [0.4, 0.5) is 11.5 Å². The minimum atomic E-state index is -0.540. The number of rotatable bonds is 3. The zero-order chi connectivity index (χ0) is 14.7. The average Bonchev–Trinajstić information content (AvgIpc) is 2.46. The van der Waals surface area contributed by atoms with Gasteiger partial charge < -0.3 is 0 Å². The number of anilines is 1. The highest BCUT2D eigenvalue weighted by atomic mass is 79.9. The van der Waals surface area contributed by atoms with Gasteiger partial charge in [0.2, 0.25) is 0 Å². The molecule has 0 aliphatic rings. The smallest absolute Gasteiger partial charge is 0.284 e. The summed E-state index contributed by atoms with van der Waals surface area (Å²) in [6, 6.07) is 9.52. The molecule has 0 radical (unpaired) electrons. The van der Waals surface area contributed by atoms with Crippen LogP contribution in [0.2, 0.25) is 0 Å². The number of aromatic nitrogens is 1. The molecule has 1 aromatic carbocycles. The van der Waals surface area contributed by atoms with Gasteiger partial charge in [0, 0.05) is 19.3 Å². The molecule has 0 spiro atoms. The second-order valence-corrected chi connectivity index (χ2v) is 4.74. The summed E-state index contributed by atoms with van der Waals surface area (Å²) in [6.07, 6.45) is 1.57. The lowest BCUT2D eigenvalue weighted by atomic mass is 10.2. The number of halogens is 1. The molecule has 102 valence electrons. The normalized spacial score (nSPS) is 10.1. The van der Waals surface area contributed by atoms with Gasteiger partial charge in [-0.2, -0.15) is 0 Å². The highest BCUT2D eigenvalue weighted by Gasteiger charge is 2.22. The topological polar surface area (TPSA) is 76.3 Å². The number of carbonyl (C=O) groups excluding carboxylic acids is 1. The first-order valence-corrected chi connectivity index (χ1v) is 6.43. The fourth-order valence-corrected chi connectivity index (χ4v) is 2.24. The van der Waals surface area contributed by atoms with Crippen molar-refractivity contribution in [3.05, 3.63) is 62.7 Å². The largest absolute Gasteiger partial charge is 0.296 e. The molecule has 7 heteroatoms. The summed E-state index contributed by atoms with van der Waals surface area (Å²) in [5.74, 6) is 0.0928. The molecule has 1 amide bonds. The van der Waals surface area contributed by atoms with Crippen LogP contribution in [0.15, 0.2) is 47.1 Å². The van der Waals surface area contributed by atoms with Crippen LogP contribution in [0.1, 0.15) is 10.4 Å². The second-order valence-electron chi connectivity index (χ2n) is 3.95. The van der Waals surface area contributed by atoms with Crippen LogP contribution in [0.25, 0.3) is 0 Å². The highest BCUT2D eigenvalue weighted by molar-refractivity contribution is 9.10. The lowest BCUT2D eigenvalue weighted by Gasteiger charge is -2.16. The minimum absolute atomic E-state index is 0.148. The average molecular weight is 336 g/mol. The number of amides is 1. The number of carbonyl (C=O) groups is 1. The van der Waals surface area contributed by atoms with Gasteiger partial charge in [0.05, 0.1) is 10.5 Å². The maximum absolute atomic E-state index is 12.4. The second kappa shape index (κ2) is 5.79. The van der Waals surface area contributed by atoms with E-state index >= 15 is 0 Å². The number of nitro groups is 1. The van der Waals surface area contributed by atoms with Crippen molar-refractivity contribution in [3.63, 3.8) is 0 Å². The summed E-state index contributed by atoms with van der Waals surface area (Å²) in [6.45, 7) is 0. The van der Waals surface area contributed by atoms with Crippen LogP contribution in [0.5, 0.6) is 0 Å². The maximum Gasteiger partial charge on any atom is 0.284 e. The van der Waals surface area contributed by atoms with Gasteiger partial charge in [-0.3, -0.25) is 19.8 Å². The molecule has 0 saturated carbocycles. The summed E-state index contributed by atoms with van der Waals surface area (Å²) in [5.41, 5.74) is 0.0672. The summed E-state index contributed by atoms with van der Waals surface area (Å²) >= 11 is 3.11. The Morgan fingerprint density at radius 3 is 2.65 bits per heavy atom. The summed E-state index contributed by atoms with van der Waals surface area (Å²) < 4.78 is 0.165. The molecule has 1 heterocycles. The fraction of sp³-hybridized carbons (Fsp3) is 0.0769. The Morgan fingerprint density at radius 1 is 1.30 bits per heavy atom. The van der Waals surface area contributed by atoms with Crippen LogP contribution in [-0.4, -0.2) is 22.9 Å². The van der Waals surface area contributed by atoms with Gasteiger partial charge in [-0.25, -0.2) is 4.98 Å². The van der Waals surface area contributed by atoms with E-state index in [9.17, 15) is 14.9 Å². The van der Waals surface area contributed by atoms with Crippen molar-refractivity contribution in [2.24, 2.45) is 0 Å². The quantitative estimate of drug-likeness (QED) is 0.638. The molecule has 0 N–H and O–H groups in total. The van der Waals surface area contributed by atoms with E-state index in [1.807, 2.05) is 0 Å². The Balaban J connectivity index is 2.40. The Labute approximate surface area is 123 Å². The van der Waals surface area contributed by atoms with Gasteiger partial charge in [0.1, 0.15) is 10.3 Å². The number of nitrogens with zero attached hydrogens (tertiary/aromatic N) is 3. The standard InChI is InChI=1S/C13H10BrN3O3/c1-16(11-7-2-3-8-15-11)13(18)9-5-4-6-10(12(9)14)17(19)20/h2-8H,1H3. The Hall–Kier alpha value is -2.28. The fourth-order valence-electron chi connectivity index (χ4n) is 1.66. The number of nitro benzene ring substituents is 1. The van der Waals surface area contributed by atoms with Crippen LogP contribution < -0.4 is 4.90 Å².